The number of rotatable bonds is 2. The molecule has 0 aliphatic carbocycles. The van der Waals surface area contributed by atoms with E-state index in [2.05, 4.69) is 42.0 Å². The second-order valence-electron chi connectivity index (χ2n) is 3.44. The first kappa shape index (κ1) is 13.6. The Hall–Kier alpha value is -1.81. The molecule has 1 heterocycles. The monoisotopic (exact) mass is 391 g/mol. The zero-order valence-corrected chi connectivity index (χ0v) is 12.0. The van der Waals surface area contributed by atoms with Crippen LogP contribution in [0.4, 0.5) is 11.4 Å². The molecule has 98 valence electrons. The lowest BCUT2D eigenvalue weighted by Crippen LogP contribution is -2.07. The summed E-state index contributed by atoms with van der Waals surface area (Å²) < 4.78 is 0.381. The van der Waals surface area contributed by atoms with Gasteiger partial charge in [-0.15, -0.1) is 4.91 Å². The van der Waals surface area contributed by atoms with Crippen molar-refractivity contribution in [3.63, 3.8) is 0 Å². The third-order valence-corrected chi connectivity index (χ3v) is 4.36. The summed E-state index contributed by atoms with van der Waals surface area (Å²) in [6, 6.07) is 1.33. The van der Waals surface area contributed by atoms with E-state index in [1.54, 1.807) is 0 Å². The Morgan fingerprint density at radius 3 is 2.58 bits per heavy atom. The molecule has 0 bridgehead atoms. The van der Waals surface area contributed by atoms with E-state index < -0.39 is 27.6 Å². The van der Waals surface area contributed by atoms with Crippen molar-refractivity contribution in [1.82, 2.24) is 4.98 Å². The molecule has 0 aliphatic rings. The van der Waals surface area contributed by atoms with Gasteiger partial charge in [0.25, 0.3) is 5.56 Å². The van der Waals surface area contributed by atoms with Crippen LogP contribution in [0.2, 0.25) is 0 Å². The van der Waals surface area contributed by atoms with Gasteiger partial charge in [0.2, 0.25) is 5.75 Å². The molecule has 0 atom stereocenters. The van der Waals surface area contributed by atoms with Crippen molar-refractivity contribution in [3.8, 4) is 5.75 Å². The number of aromatic nitrogens is 1. The largest absolute Gasteiger partial charge is 0.501 e. The molecule has 0 radical (unpaired) electrons. The number of benzene rings is 1. The molecule has 0 spiro atoms. The van der Waals surface area contributed by atoms with Gasteiger partial charge >= 0.3 is 5.69 Å². The number of fused-ring (bicyclic) bond motifs is 1. The quantitative estimate of drug-likeness (QED) is 0.461. The number of pyridine rings is 1. The Morgan fingerprint density at radius 2 is 2.05 bits per heavy atom. The van der Waals surface area contributed by atoms with Gasteiger partial charge in [-0.05, 0) is 43.1 Å². The van der Waals surface area contributed by atoms with E-state index in [4.69, 9.17) is 0 Å². The summed E-state index contributed by atoms with van der Waals surface area (Å²) in [5, 5.41) is 23.0. The number of aromatic amines is 1. The Balaban J connectivity index is 3.16. The van der Waals surface area contributed by atoms with E-state index in [9.17, 15) is 24.9 Å². The molecule has 2 rings (SSSR count). The summed E-state index contributed by atoms with van der Waals surface area (Å²) in [5.74, 6) is -0.883. The normalized spacial score (nSPS) is 10.6. The zero-order chi connectivity index (χ0) is 14.3. The van der Waals surface area contributed by atoms with Gasteiger partial charge in [-0.3, -0.25) is 14.9 Å². The number of nitrogens with one attached hydrogen (secondary N) is 1. The molecule has 0 fully saturated rings. The van der Waals surface area contributed by atoms with E-state index >= 15 is 0 Å². The lowest BCUT2D eigenvalue weighted by Gasteiger charge is -2.06. The minimum absolute atomic E-state index is 0.0334. The molecule has 19 heavy (non-hydrogen) atoms. The van der Waals surface area contributed by atoms with Crippen molar-refractivity contribution in [1.29, 1.82) is 0 Å². The number of hydrogen-bond donors (Lipinski definition) is 2. The second kappa shape index (κ2) is 4.70. The Kier molecular flexibility index (Phi) is 3.37. The Morgan fingerprint density at radius 1 is 1.42 bits per heavy atom. The van der Waals surface area contributed by atoms with Crippen LogP contribution in [0.3, 0.4) is 0 Å². The first-order chi connectivity index (χ1) is 8.88. The van der Waals surface area contributed by atoms with E-state index in [1.807, 2.05) is 0 Å². The van der Waals surface area contributed by atoms with Gasteiger partial charge in [0.1, 0.15) is 9.99 Å². The number of halogens is 2. The second-order valence-corrected chi connectivity index (χ2v) is 5.09. The van der Waals surface area contributed by atoms with Crippen LogP contribution >= 0.6 is 31.9 Å². The predicted molar refractivity (Wildman–Crippen MR) is 73.7 cm³/mol. The van der Waals surface area contributed by atoms with Crippen molar-refractivity contribution in [3.05, 3.63) is 40.4 Å². The van der Waals surface area contributed by atoms with Crippen LogP contribution < -0.4 is 5.56 Å². The predicted octanol–water partition coefficient (Wildman–Crippen LogP) is 3.06. The Labute approximate surface area is 120 Å². The van der Waals surface area contributed by atoms with E-state index in [1.165, 1.54) is 6.07 Å². The van der Waals surface area contributed by atoms with Crippen LogP contribution in [0, 0.1) is 15.0 Å². The molecule has 0 saturated carbocycles. The number of nitro benzene ring substituents is 1. The van der Waals surface area contributed by atoms with Gasteiger partial charge in [0.15, 0.2) is 5.69 Å². The lowest BCUT2D eigenvalue weighted by atomic mass is 10.1. The maximum absolute atomic E-state index is 11.4. The third-order valence-electron chi connectivity index (χ3n) is 2.40. The average Bonchev–Trinajstić information content (AvgIpc) is 2.33. The third kappa shape index (κ3) is 2.02. The van der Waals surface area contributed by atoms with Gasteiger partial charge in [-0.2, -0.15) is 0 Å². The highest BCUT2D eigenvalue weighted by molar-refractivity contribution is 9.13. The summed E-state index contributed by atoms with van der Waals surface area (Å²) in [5.41, 5.74) is -2.21. The Bertz CT molecular complexity index is 786. The van der Waals surface area contributed by atoms with Crippen LogP contribution in [-0.4, -0.2) is 15.0 Å². The number of hydrogen-bond acceptors (Lipinski definition) is 6. The minimum Gasteiger partial charge on any atom is -0.501 e. The molecule has 1 aromatic carbocycles. The summed E-state index contributed by atoms with van der Waals surface area (Å²) in [6.07, 6.45) is 0. The fraction of sp³-hybridized carbons (Fsp3) is 0. The maximum Gasteiger partial charge on any atom is 0.308 e. The molecule has 0 aliphatic heterocycles. The average molecular weight is 393 g/mol. The van der Waals surface area contributed by atoms with Crippen molar-refractivity contribution in [2.45, 2.75) is 0 Å². The number of nitro groups is 1. The smallest absolute Gasteiger partial charge is 0.308 e. The van der Waals surface area contributed by atoms with Crippen LogP contribution in [0.5, 0.6) is 5.75 Å². The fourth-order valence-corrected chi connectivity index (χ4v) is 2.47. The molecule has 8 nitrogen and oxygen atoms in total. The van der Waals surface area contributed by atoms with Gasteiger partial charge in [-0.25, -0.2) is 0 Å². The van der Waals surface area contributed by atoms with Crippen LogP contribution in [0.25, 0.3) is 10.9 Å². The summed E-state index contributed by atoms with van der Waals surface area (Å²) in [4.78, 5) is 34.6. The van der Waals surface area contributed by atoms with Gasteiger partial charge in [0, 0.05) is 9.86 Å². The minimum atomic E-state index is -1.03. The van der Waals surface area contributed by atoms with E-state index in [0.29, 0.717) is 0 Å². The molecule has 0 amide bonds. The fourth-order valence-electron chi connectivity index (χ4n) is 1.60. The first-order valence-electron chi connectivity index (χ1n) is 4.63. The number of nitrogens with zero attached hydrogens (tertiary/aromatic N) is 2. The SMILES string of the molecule is O=Nc1c(O)c(=O)[nH]c2c([N+](=O)[O-])c(Br)c(Br)cc12. The van der Waals surface area contributed by atoms with Gasteiger partial charge in [-0.1, -0.05) is 0 Å². The highest BCUT2D eigenvalue weighted by Crippen LogP contribution is 2.42. The standard InChI is InChI=1S/C9H3Br2N3O5/c10-3-1-2-5(7(4(3)11)14(18)19)12-9(16)8(15)6(2)13-17/h1,15H,(H,12,16). The summed E-state index contributed by atoms with van der Waals surface area (Å²) in [7, 11) is 0. The molecule has 0 unspecified atom stereocenters. The maximum atomic E-state index is 11.4. The first-order valence-corrected chi connectivity index (χ1v) is 6.21. The number of nitroso groups, excluding NO2 is 1. The highest BCUT2D eigenvalue weighted by atomic mass is 79.9. The number of aromatic hydroxyl groups is 1. The lowest BCUT2D eigenvalue weighted by molar-refractivity contribution is -0.384. The van der Waals surface area contributed by atoms with Gasteiger partial charge in [0.05, 0.1) is 4.92 Å². The zero-order valence-electron chi connectivity index (χ0n) is 8.81. The molecule has 2 N–H and O–H groups in total. The van der Waals surface area contributed by atoms with Crippen LogP contribution in [-0.2, 0) is 0 Å². The highest BCUT2D eigenvalue weighted by Gasteiger charge is 2.25. The molecule has 2 aromatic rings. The van der Waals surface area contributed by atoms with E-state index in [-0.39, 0.29) is 19.8 Å². The molecule has 10 heteroatoms. The van der Waals surface area contributed by atoms with Crippen LogP contribution in [0.1, 0.15) is 0 Å². The van der Waals surface area contributed by atoms with E-state index in [0.717, 1.165) is 0 Å². The topological polar surface area (TPSA) is 126 Å². The van der Waals surface area contributed by atoms with Crippen molar-refractivity contribution < 1.29 is 10.0 Å². The molecular formula is C9H3Br2N3O5. The van der Waals surface area contributed by atoms with Crippen molar-refractivity contribution in [2.24, 2.45) is 5.18 Å². The summed E-state index contributed by atoms with van der Waals surface area (Å²) >= 11 is 6.08. The van der Waals surface area contributed by atoms with Crippen molar-refractivity contribution >= 4 is 54.1 Å². The van der Waals surface area contributed by atoms with Crippen molar-refractivity contribution in [2.75, 3.05) is 0 Å². The van der Waals surface area contributed by atoms with Gasteiger partial charge < -0.3 is 10.1 Å². The molecular weight excluding hydrogens is 390 g/mol. The number of H-pyrrole nitrogens is 1. The molecule has 0 saturated heterocycles. The molecule has 1 aromatic heterocycles. The van der Waals surface area contributed by atoms with Crippen LogP contribution in [0.15, 0.2) is 25.0 Å². The summed E-state index contributed by atoms with van der Waals surface area (Å²) in [6.45, 7) is 0.